The maximum absolute atomic E-state index is 14.6. The summed E-state index contributed by atoms with van der Waals surface area (Å²) in [5, 5.41) is 10.7. The average molecular weight is 555 g/mol. The molecule has 9 nitrogen and oxygen atoms in total. The van der Waals surface area contributed by atoms with Crippen molar-refractivity contribution in [1.82, 2.24) is 14.8 Å². The molecule has 2 amide bonds. The molecule has 11 heteroatoms. The zero-order valence-corrected chi connectivity index (χ0v) is 23.4. The third-order valence-corrected chi connectivity index (χ3v) is 7.66. The van der Waals surface area contributed by atoms with Crippen molar-refractivity contribution in [3.8, 4) is 10.6 Å². The number of aromatic nitrogens is 3. The number of nitrogens with one attached hydrogen (secondary N) is 2. The lowest BCUT2D eigenvalue weighted by Gasteiger charge is -2.25. The Hall–Kier alpha value is -3.47. The van der Waals surface area contributed by atoms with Crippen LogP contribution in [0.2, 0.25) is 0 Å². The first-order chi connectivity index (χ1) is 18.7. The van der Waals surface area contributed by atoms with Gasteiger partial charge in [-0.15, -0.1) is 0 Å². The molecule has 3 aromatic rings. The highest BCUT2D eigenvalue weighted by atomic mass is 32.1. The van der Waals surface area contributed by atoms with E-state index in [1.54, 1.807) is 45.2 Å². The van der Waals surface area contributed by atoms with E-state index in [9.17, 15) is 14.0 Å². The molecular formula is C28H35FN6O3S. The highest BCUT2D eigenvalue weighted by Crippen LogP contribution is 2.37. The molecule has 5 rings (SSSR count). The van der Waals surface area contributed by atoms with Crippen LogP contribution in [-0.2, 0) is 11.3 Å². The second-order valence-electron chi connectivity index (χ2n) is 11.2. The number of carbonyl (C=O) groups is 2. The Morgan fingerprint density at radius 2 is 1.82 bits per heavy atom. The second kappa shape index (κ2) is 11.3. The van der Waals surface area contributed by atoms with Gasteiger partial charge in [-0.05, 0) is 64.5 Å². The van der Waals surface area contributed by atoms with E-state index in [-0.39, 0.29) is 21.3 Å². The molecule has 0 bridgehead atoms. The molecule has 0 unspecified atom stereocenters. The number of halogens is 1. The van der Waals surface area contributed by atoms with Crippen LogP contribution in [0.1, 0.15) is 69.8 Å². The van der Waals surface area contributed by atoms with Crippen LogP contribution >= 0.6 is 11.3 Å². The first kappa shape index (κ1) is 27.1. The quantitative estimate of drug-likeness (QED) is 0.344. The van der Waals surface area contributed by atoms with E-state index in [0.29, 0.717) is 11.6 Å². The van der Waals surface area contributed by atoms with E-state index in [1.807, 2.05) is 4.68 Å². The summed E-state index contributed by atoms with van der Waals surface area (Å²) in [6.45, 7) is 7.88. The molecule has 2 aliphatic rings. The molecule has 2 fully saturated rings. The molecule has 39 heavy (non-hydrogen) atoms. The summed E-state index contributed by atoms with van der Waals surface area (Å²) in [6.07, 6.45) is 7.90. The number of amides is 2. The highest BCUT2D eigenvalue weighted by Gasteiger charge is 2.29. The number of rotatable bonds is 7. The maximum Gasteiger partial charge on any atom is 0.412 e. The van der Waals surface area contributed by atoms with Crippen LogP contribution in [0.25, 0.3) is 10.6 Å². The van der Waals surface area contributed by atoms with Gasteiger partial charge in [0.2, 0.25) is 0 Å². The highest BCUT2D eigenvalue weighted by molar-refractivity contribution is 7.19. The Balaban J connectivity index is 1.46. The lowest BCUT2D eigenvalue weighted by molar-refractivity contribution is 0.0636. The van der Waals surface area contributed by atoms with Crippen molar-refractivity contribution in [3.63, 3.8) is 0 Å². The van der Waals surface area contributed by atoms with Gasteiger partial charge in [-0.1, -0.05) is 36.3 Å². The van der Waals surface area contributed by atoms with Gasteiger partial charge in [0.05, 0.1) is 6.20 Å². The van der Waals surface area contributed by atoms with Crippen molar-refractivity contribution in [2.45, 2.75) is 71.4 Å². The Kier molecular flexibility index (Phi) is 7.88. The Morgan fingerprint density at radius 1 is 1.10 bits per heavy atom. The molecule has 2 aromatic heterocycles. The summed E-state index contributed by atoms with van der Waals surface area (Å²) in [7, 11) is 0. The fraction of sp³-hybridized carbons (Fsp3) is 0.500. The Labute approximate surface area is 231 Å². The molecule has 1 aliphatic carbocycles. The summed E-state index contributed by atoms with van der Waals surface area (Å²) in [6, 6.07) is 6.21. The fourth-order valence-corrected chi connectivity index (χ4v) is 5.62. The third kappa shape index (κ3) is 6.76. The van der Waals surface area contributed by atoms with E-state index < -0.39 is 23.4 Å². The van der Waals surface area contributed by atoms with Gasteiger partial charge >= 0.3 is 6.09 Å². The topological polar surface area (TPSA) is 101 Å². The molecule has 0 spiro atoms. The van der Waals surface area contributed by atoms with Crippen molar-refractivity contribution in [3.05, 3.63) is 42.0 Å². The summed E-state index contributed by atoms with van der Waals surface area (Å²) in [4.78, 5) is 33.0. The van der Waals surface area contributed by atoms with Crippen molar-refractivity contribution < 1.29 is 18.7 Å². The summed E-state index contributed by atoms with van der Waals surface area (Å²) in [5.41, 5.74) is 0.104. The minimum absolute atomic E-state index is 0.0131. The first-order valence-electron chi connectivity index (χ1n) is 13.6. The molecule has 0 atom stereocenters. The van der Waals surface area contributed by atoms with Crippen LogP contribution in [0, 0.1) is 11.7 Å². The molecule has 208 valence electrons. The van der Waals surface area contributed by atoms with E-state index in [2.05, 4.69) is 25.6 Å². The number of nitrogens with zero attached hydrogens (tertiary/aromatic N) is 4. The molecule has 0 radical (unpaired) electrons. The van der Waals surface area contributed by atoms with Gasteiger partial charge in [-0.3, -0.25) is 10.1 Å². The number of hydrogen-bond donors (Lipinski definition) is 2. The van der Waals surface area contributed by atoms with Crippen molar-refractivity contribution >= 4 is 39.8 Å². The lowest BCUT2D eigenvalue weighted by atomic mass is 10.2. The number of carbonyl (C=O) groups excluding carboxylic acids is 2. The van der Waals surface area contributed by atoms with E-state index in [0.717, 1.165) is 49.6 Å². The van der Waals surface area contributed by atoms with Gasteiger partial charge in [-0.2, -0.15) is 5.10 Å². The third-order valence-electron chi connectivity index (χ3n) is 6.65. The number of anilines is 3. The molecule has 1 aromatic carbocycles. The standard InChI is InChI=1S/C28H35FN6O3S/c1-28(2,3)38-27(37)33-25-22(32-24(39-25)19-10-6-7-11-20(19)29)23(36)31-21-16-30-35(17-18-12-13-18)26(21)34-14-8-4-5-9-15-34/h6-7,10-11,16,18H,4-5,8-9,12-15,17H2,1-3H3,(H,31,36)(H,33,37). The van der Waals surface area contributed by atoms with Crippen LogP contribution < -0.4 is 15.5 Å². The largest absolute Gasteiger partial charge is 0.444 e. The summed E-state index contributed by atoms with van der Waals surface area (Å²) < 4.78 is 22.0. The van der Waals surface area contributed by atoms with Gasteiger partial charge in [0.1, 0.15) is 27.1 Å². The monoisotopic (exact) mass is 554 g/mol. The zero-order chi connectivity index (χ0) is 27.6. The van der Waals surface area contributed by atoms with Crippen LogP contribution in [0.4, 0.5) is 25.7 Å². The minimum atomic E-state index is -0.732. The summed E-state index contributed by atoms with van der Waals surface area (Å²) in [5.74, 6) is 0.544. The Morgan fingerprint density at radius 3 is 2.49 bits per heavy atom. The Bertz CT molecular complexity index is 1340. The van der Waals surface area contributed by atoms with E-state index >= 15 is 0 Å². The SMILES string of the molecule is CC(C)(C)OC(=O)Nc1sc(-c2ccccc2F)nc1C(=O)Nc1cnn(CC2CC2)c1N1CCCCCC1. The number of ether oxygens (including phenoxy) is 1. The van der Waals surface area contributed by atoms with E-state index in [4.69, 9.17) is 4.74 Å². The van der Waals surface area contributed by atoms with Gasteiger partial charge in [0, 0.05) is 25.2 Å². The van der Waals surface area contributed by atoms with Crippen LogP contribution in [-0.4, -0.2) is 45.5 Å². The molecule has 3 heterocycles. The first-order valence-corrected chi connectivity index (χ1v) is 14.4. The van der Waals surface area contributed by atoms with Gasteiger partial charge in [0.25, 0.3) is 5.91 Å². The predicted molar refractivity (Wildman–Crippen MR) is 151 cm³/mol. The van der Waals surface area contributed by atoms with Gasteiger partial charge in [0.15, 0.2) is 11.5 Å². The van der Waals surface area contributed by atoms with Crippen LogP contribution in [0.15, 0.2) is 30.5 Å². The minimum Gasteiger partial charge on any atom is -0.444 e. The fourth-order valence-electron chi connectivity index (χ4n) is 4.65. The lowest BCUT2D eigenvalue weighted by Crippen LogP contribution is -2.29. The van der Waals surface area contributed by atoms with Gasteiger partial charge < -0.3 is 15.0 Å². The van der Waals surface area contributed by atoms with Crippen LogP contribution in [0.5, 0.6) is 0 Å². The maximum atomic E-state index is 14.6. The van der Waals surface area contributed by atoms with E-state index in [1.165, 1.54) is 31.7 Å². The number of hydrogen-bond acceptors (Lipinski definition) is 7. The molecular weight excluding hydrogens is 519 g/mol. The second-order valence-corrected chi connectivity index (χ2v) is 12.2. The normalized spacial score (nSPS) is 16.1. The number of benzene rings is 1. The van der Waals surface area contributed by atoms with Crippen molar-refractivity contribution in [2.24, 2.45) is 5.92 Å². The average Bonchev–Trinajstić information content (AvgIpc) is 3.55. The summed E-state index contributed by atoms with van der Waals surface area (Å²) >= 11 is 1.02. The zero-order valence-electron chi connectivity index (χ0n) is 22.6. The number of thiazole rings is 1. The molecule has 1 saturated heterocycles. The molecule has 2 N–H and O–H groups in total. The van der Waals surface area contributed by atoms with Crippen molar-refractivity contribution in [2.75, 3.05) is 28.6 Å². The smallest absolute Gasteiger partial charge is 0.412 e. The van der Waals surface area contributed by atoms with Crippen LogP contribution in [0.3, 0.4) is 0 Å². The predicted octanol–water partition coefficient (Wildman–Crippen LogP) is 6.54. The van der Waals surface area contributed by atoms with Crippen molar-refractivity contribution in [1.29, 1.82) is 0 Å². The van der Waals surface area contributed by atoms with Gasteiger partial charge in [-0.25, -0.2) is 18.9 Å². The molecule has 1 aliphatic heterocycles. The molecule has 1 saturated carbocycles.